The standard InChI is InChI=1S/C10H15N5O/c1-2-11-10(16)15-6-8(7-15)14-9-12-4-3-5-13-9/h3-5,8H,2,6-7H2,1H3,(H,11,16)(H,12,13,14). The molecule has 6 heteroatoms. The molecule has 0 radical (unpaired) electrons. The van der Waals surface area contributed by atoms with E-state index < -0.39 is 0 Å². The zero-order valence-corrected chi connectivity index (χ0v) is 9.18. The Labute approximate surface area is 94.1 Å². The Morgan fingerprint density at radius 3 is 2.81 bits per heavy atom. The highest BCUT2D eigenvalue weighted by Gasteiger charge is 2.30. The van der Waals surface area contributed by atoms with Crippen molar-refractivity contribution in [1.29, 1.82) is 0 Å². The van der Waals surface area contributed by atoms with Crippen LogP contribution in [0.5, 0.6) is 0 Å². The lowest BCUT2D eigenvalue weighted by Crippen LogP contribution is -2.59. The van der Waals surface area contributed by atoms with Gasteiger partial charge in [0.05, 0.1) is 6.04 Å². The minimum atomic E-state index is -0.00506. The fourth-order valence-electron chi connectivity index (χ4n) is 1.55. The van der Waals surface area contributed by atoms with Crippen molar-refractivity contribution in [2.45, 2.75) is 13.0 Å². The molecular weight excluding hydrogens is 206 g/mol. The van der Waals surface area contributed by atoms with E-state index in [4.69, 9.17) is 0 Å². The molecule has 0 unspecified atom stereocenters. The van der Waals surface area contributed by atoms with E-state index in [2.05, 4.69) is 20.6 Å². The SMILES string of the molecule is CCNC(=O)N1CC(Nc2ncccn2)C1. The Bertz CT molecular complexity index is 349. The van der Waals surface area contributed by atoms with Crippen LogP contribution in [0.15, 0.2) is 18.5 Å². The quantitative estimate of drug-likeness (QED) is 0.770. The van der Waals surface area contributed by atoms with Crippen molar-refractivity contribution in [1.82, 2.24) is 20.2 Å². The van der Waals surface area contributed by atoms with Crippen LogP contribution in [0.3, 0.4) is 0 Å². The molecular formula is C10H15N5O. The highest BCUT2D eigenvalue weighted by molar-refractivity contribution is 5.75. The Hall–Kier alpha value is -1.85. The first-order valence-corrected chi connectivity index (χ1v) is 5.36. The maximum atomic E-state index is 11.4. The normalized spacial score (nSPS) is 15.4. The van der Waals surface area contributed by atoms with E-state index >= 15 is 0 Å². The molecule has 2 N–H and O–H groups in total. The van der Waals surface area contributed by atoms with E-state index in [9.17, 15) is 4.79 Å². The van der Waals surface area contributed by atoms with Gasteiger partial charge >= 0.3 is 6.03 Å². The summed E-state index contributed by atoms with van der Waals surface area (Å²) in [6, 6.07) is 2.02. The van der Waals surface area contributed by atoms with Crippen LogP contribution in [0.25, 0.3) is 0 Å². The number of carbonyl (C=O) groups is 1. The predicted octanol–water partition coefficient (Wildman–Crippen LogP) is 0.302. The van der Waals surface area contributed by atoms with Gasteiger partial charge in [-0.15, -0.1) is 0 Å². The molecule has 86 valence electrons. The van der Waals surface area contributed by atoms with Crippen molar-refractivity contribution in [3.8, 4) is 0 Å². The predicted molar refractivity (Wildman–Crippen MR) is 60.1 cm³/mol. The highest BCUT2D eigenvalue weighted by atomic mass is 16.2. The van der Waals surface area contributed by atoms with Crippen LogP contribution in [0, 0.1) is 0 Å². The van der Waals surface area contributed by atoms with Crippen LogP contribution in [-0.2, 0) is 0 Å². The zero-order chi connectivity index (χ0) is 11.4. The van der Waals surface area contributed by atoms with Gasteiger partial charge in [-0.1, -0.05) is 0 Å². The van der Waals surface area contributed by atoms with Crippen LogP contribution >= 0.6 is 0 Å². The number of urea groups is 1. The molecule has 2 amide bonds. The summed E-state index contributed by atoms with van der Waals surface area (Å²) in [7, 11) is 0. The van der Waals surface area contributed by atoms with Gasteiger partial charge in [0, 0.05) is 32.0 Å². The molecule has 2 rings (SSSR count). The lowest BCUT2D eigenvalue weighted by molar-refractivity contribution is 0.158. The number of carbonyl (C=O) groups excluding carboxylic acids is 1. The second-order valence-electron chi connectivity index (χ2n) is 3.65. The van der Waals surface area contributed by atoms with Crippen molar-refractivity contribution in [2.75, 3.05) is 25.0 Å². The molecule has 1 aliphatic heterocycles. The van der Waals surface area contributed by atoms with E-state index in [0.717, 1.165) is 0 Å². The van der Waals surface area contributed by atoms with Gasteiger partial charge in [0.25, 0.3) is 0 Å². The van der Waals surface area contributed by atoms with Crippen LogP contribution in [0.2, 0.25) is 0 Å². The van der Waals surface area contributed by atoms with Gasteiger partial charge < -0.3 is 15.5 Å². The molecule has 1 aromatic heterocycles. The van der Waals surface area contributed by atoms with Crippen LogP contribution in [-0.4, -0.2) is 46.6 Å². The maximum absolute atomic E-state index is 11.4. The number of nitrogens with one attached hydrogen (secondary N) is 2. The Balaban J connectivity index is 1.75. The number of likely N-dealkylation sites (tertiary alicyclic amines) is 1. The second-order valence-corrected chi connectivity index (χ2v) is 3.65. The Kier molecular flexibility index (Phi) is 3.19. The molecule has 0 atom stereocenters. The van der Waals surface area contributed by atoms with Gasteiger partial charge in [0.2, 0.25) is 5.95 Å². The second kappa shape index (κ2) is 4.78. The topological polar surface area (TPSA) is 70.2 Å². The minimum Gasteiger partial charge on any atom is -0.348 e. The van der Waals surface area contributed by atoms with E-state index in [1.54, 1.807) is 23.4 Å². The first kappa shape index (κ1) is 10.7. The number of amides is 2. The molecule has 0 aliphatic carbocycles. The third kappa shape index (κ3) is 2.39. The summed E-state index contributed by atoms with van der Waals surface area (Å²) in [6.45, 7) is 3.97. The van der Waals surface area contributed by atoms with E-state index in [0.29, 0.717) is 25.6 Å². The summed E-state index contributed by atoms with van der Waals surface area (Å²) in [6.07, 6.45) is 3.38. The number of nitrogens with zero attached hydrogens (tertiary/aromatic N) is 3. The molecule has 0 spiro atoms. The third-order valence-corrected chi connectivity index (χ3v) is 2.40. The first-order chi connectivity index (χ1) is 7.79. The van der Waals surface area contributed by atoms with E-state index in [1.807, 2.05) is 6.92 Å². The summed E-state index contributed by atoms with van der Waals surface area (Å²) in [5.74, 6) is 0.614. The van der Waals surface area contributed by atoms with Gasteiger partial charge in [-0.25, -0.2) is 14.8 Å². The van der Waals surface area contributed by atoms with E-state index in [-0.39, 0.29) is 12.1 Å². The van der Waals surface area contributed by atoms with Crippen molar-refractivity contribution in [2.24, 2.45) is 0 Å². The van der Waals surface area contributed by atoms with E-state index in [1.165, 1.54) is 0 Å². The van der Waals surface area contributed by atoms with Crippen molar-refractivity contribution in [3.63, 3.8) is 0 Å². The summed E-state index contributed by atoms with van der Waals surface area (Å²) >= 11 is 0. The molecule has 0 saturated carbocycles. The lowest BCUT2D eigenvalue weighted by Gasteiger charge is -2.39. The van der Waals surface area contributed by atoms with Gasteiger partial charge in [-0.3, -0.25) is 0 Å². The summed E-state index contributed by atoms with van der Waals surface area (Å²) in [4.78, 5) is 21.3. The number of hydrogen-bond acceptors (Lipinski definition) is 4. The van der Waals surface area contributed by atoms with Gasteiger partial charge in [-0.05, 0) is 13.0 Å². The third-order valence-electron chi connectivity index (χ3n) is 2.40. The average molecular weight is 221 g/mol. The molecule has 1 fully saturated rings. The van der Waals surface area contributed by atoms with Crippen molar-refractivity contribution >= 4 is 12.0 Å². The fraction of sp³-hybridized carbons (Fsp3) is 0.500. The van der Waals surface area contributed by atoms with Crippen LogP contribution in [0.1, 0.15) is 6.92 Å². The molecule has 6 nitrogen and oxygen atoms in total. The zero-order valence-electron chi connectivity index (χ0n) is 9.18. The number of anilines is 1. The number of hydrogen-bond donors (Lipinski definition) is 2. The fourth-order valence-corrected chi connectivity index (χ4v) is 1.55. The van der Waals surface area contributed by atoms with Crippen LogP contribution < -0.4 is 10.6 Å². The smallest absolute Gasteiger partial charge is 0.317 e. The molecule has 0 bridgehead atoms. The van der Waals surface area contributed by atoms with Crippen molar-refractivity contribution in [3.05, 3.63) is 18.5 Å². The summed E-state index contributed by atoms with van der Waals surface area (Å²) in [5, 5.41) is 5.92. The maximum Gasteiger partial charge on any atom is 0.317 e. The molecule has 2 heterocycles. The molecule has 1 aromatic rings. The largest absolute Gasteiger partial charge is 0.348 e. The lowest BCUT2D eigenvalue weighted by atomic mass is 10.1. The Morgan fingerprint density at radius 2 is 2.19 bits per heavy atom. The molecule has 1 saturated heterocycles. The number of aromatic nitrogens is 2. The molecule has 1 aliphatic rings. The van der Waals surface area contributed by atoms with Gasteiger partial charge in [0.1, 0.15) is 0 Å². The minimum absolute atomic E-state index is 0.00506. The first-order valence-electron chi connectivity index (χ1n) is 5.36. The van der Waals surface area contributed by atoms with Crippen molar-refractivity contribution < 1.29 is 4.79 Å². The monoisotopic (exact) mass is 221 g/mol. The number of rotatable bonds is 3. The van der Waals surface area contributed by atoms with Gasteiger partial charge in [0.15, 0.2) is 0 Å². The molecule has 16 heavy (non-hydrogen) atoms. The highest BCUT2D eigenvalue weighted by Crippen LogP contribution is 2.11. The Morgan fingerprint density at radius 1 is 1.50 bits per heavy atom. The molecule has 0 aromatic carbocycles. The average Bonchev–Trinajstić information content (AvgIpc) is 2.24. The summed E-state index contributed by atoms with van der Waals surface area (Å²) < 4.78 is 0. The summed E-state index contributed by atoms with van der Waals surface area (Å²) in [5.41, 5.74) is 0. The van der Waals surface area contributed by atoms with Gasteiger partial charge in [-0.2, -0.15) is 0 Å². The van der Waals surface area contributed by atoms with Crippen LogP contribution in [0.4, 0.5) is 10.7 Å².